The van der Waals surface area contributed by atoms with Crippen molar-refractivity contribution < 1.29 is 9.26 Å². The van der Waals surface area contributed by atoms with Gasteiger partial charge in [0.25, 0.3) is 0 Å². The first kappa shape index (κ1) is 16.1. The van der Waals surface area contributed by atoms with Crippen LogP contribution in [0.5, 0.6) is 5.75 Å². The minimum absolute atomic E-state index is 0.361. The normalized spacial score (nSPS) is 21.0. The fraction of sp³-hybridized carbons (Fsp3) is 0.526. The molecule has 0 bridgehead atoms. The SMILES string of the molecule is N#Cc1ccc(OCCN2CCCC(c3noc(C4CC4)n3)C2)cc1. The van der Waals surface area contributed by atoms with Gasteiger partial charge in [-0.15, -0.1) is 0 Å². The Hall–Kier alpha value is -2.39. The highest BCUT2D eigenvalue weighted by atomic mass is 16.5. The number of nitrogens with zero attached hydrogens (tertiary/aromatic N) is 4. The number of hydrogen-bond acceptors (Lipinski definition) is 6. The van der Waals surface area contributed by atoms with E-state index in [1.54, 1.807) is 12.1 Å². The maximum Gasteiger partial charge on any atom is 0.229 e. The highest BCUT2D eigenvalue weighted by Gasteiger charge is 2.32. The lowest BCUT2D eigenvalue weighted by Gasteiger charge is -2.30. The molecule has 130 valence electrons. The number of benzene rings is 1. The van der Waals surface area contributed by atoms with E-state index in [1.807, 2.05) is 12.1 Å². The largest absolute Gasteiger partial charge is 0.492 e. The van der Waals surface area contributed by atoms with Gasteiger partial charge < -0.3 is 9.26 Å². The molecule has 0 spiro atoms. The van der Waals surface area contributed by atoms with Crippen molar-refractivity contribution in [2.45, 2.75) is 37.5 Å². The number of nitriles is 1. The molecule has 1 aliphatic heterocycles. The van der Waals surface area contributed by atoms with Gasteiger partial charge in [-0.2, -0.15) is 10.2 Å². The van der Waals surface area contributed by atoms with Crippen LogP contribution in [0.4, 0.5) is 0 Å². The summed E-state index contributed by atoms with van der Waals surface area (Å²) in [7, 11) is 0. The minimum atomic E-state index is 0.361. The van der Waals surface area contributed by atoms with Crippen LogP contribution in [-0.2, 0) is 0 Å². The number of ether oxygens (including phenoxy) is 1. The summed E-state index contributed by atoms with van der Waals surface area (Å²) in [5.41, 5.74) is 0.650. The summed E-state index contributed by atoms with van der Waals surface area (Å²) in [4.78, 5) is 7.02. The van der Waals surface area contributed by atoms with Gasteiger partial charge in [0, 0.05) is 24.9 Å². The summed E-state index contributed by atoms with van der Waals surface area (Å²) in [5.74, 6) is 3.39. The van der Waals surface area contributed by atoms with E-state index in [1.165, 1.54) is 12.8 Å². The van der Waals surface area contributed by atoms with E-state index in [-0.39, 0.29) is 0 Å². The second kappa shape index (κ2) is 7.24. The van der Waals surface area contributed by atoms with Crippen LogP contribution >= 0.6 is 0 Å². The van der Waals surface area contributed by atoms with Gasteiger partial charge in [-0.25, -0.2) is 0 Å². The second-order valence-corrected chi connectivity index (χ2v) is 6.89. The molecule has 1 atom stereocenters. The van der Waals surface area contributed by atoms with Gasteiger partial charge in [0.2, 0.25) is 5.89 Å². The van der Waals surface area contributed by atoms with Gasteiger partial charge in [0.05, 0.1) is 11.6 Å². The van der Waals surface area contributed by atoms with Crippen molar-refractivity contribution >= 4 is 0 Å². The molecule has 1 aromatic carbocycles. The van der Waals surface area contributed by atoms with Crippen molar-refractivity contribution in [3.8, 4) is 11.8 Å². The molecular formula is C19H22N4O2. The predicted octanol–water partition coefficient (Wildman–Crippen LogP) is 3.08. The Morgan fingerprint density at radius 2 is 2.04 bits per heavy atom. The Labute approximate surface area is 147 Å². The maximum atomic E-state index is 8.81. The number of piperidine rings is 1. The fourth-order valence-corrected chi connectivity index (χ4v) is 3.30. The van der Waals surface area contributed by atoms with Gasteiger partial charge in [-0.05, 0) is 56.5 Å². The van der Waals surface area contributed by atoms with E-state index in [9.17, 15) is 0 Å². The molecule has 1 saturated carbocycles. The molecule has 0 amide bonds. The first-order chi connectivity index (χ1) is 12.3. The van der Waals surface area contributed by atoms with E-state index in [0.29, 0.717) is 24.0 Å². The van der Waals surface area contributed by atoms with Gasteiger partial charge >= 0.3 is 0 Å². The van der Waals surface area contributed by atoms with E-state index in [0.717, 1.165) is 49.9 Å². The van der Waals surface area contributed by atoms with Crippen LogP contribution in [0.2, 0.25) is 0 Å². The molecule has 4 rings (SSSR count). The average molecular weight is 338 g/mol. The van der Waals surface area contributed by atoms with Crippen LogP contribution in [0.25, 0.3) is 0 Å². The van der Waals surface area contributed by atoms with Crippen LogP contribution in [-0.4, -0.2) is 41.3 Å². The van der Waals surface area contributed by atoms with Crippen LogP contribution in [0.3, 0.4) is 0 Å². The van der Waals surface area contributed by atoms with E-state index >= 15 is 0 Å². The molecule has 1 saturated heterocycles. The average Bonchev–Trinajstić information content (AvgIpc) is 3.39. The number of hydrogen-bond donors (Lipinski definition) is 0. The van der Waals surface area contributed by atoms with Crippen LogP contribution in [0.15, 0.2) is 28.8 Å². The second-order valence-electron chi connectivity index (χ2n) is 6.89. The van der Waals surface area contributed by atoms with Crippen molar-refractivity contribution in [3.05, 3.63) is 41.5 Å². The van der Waals surface area contributed by atoms with E-state index in [4.69, 9.17) is 14.5 Å². The molecule has 6 heteroatoms. The van der Waals surface area contributed by atoms with Gasteiger partial charge in [-0.1, -0.05) is 5.16 Å². The summed E-state index contributed by atoms with van der Waals surface area (Å²) in [6.07, 6.45) is 4.64. The molecule has 2 aromatic rings. The first-order valence-electron chi connectivity index (χ1n) is 9.00. The molecule has 25 heavy (non-hydrogen) atoms. The van der Waals surface area contributed by atoms with Gasteiger partial charge in [-0.3, -0.25) is 4.90 Å². The van der Waals surface area contributed by atoms with Crippen LogP contribution < -0.4 is 4.74 Å². The van der Waals surface area contributed by atoms with E-state index in [2.05, 4.69) is 21.1 Å². The predicted molar refractivity (Wildman–Crippen MR) is 91.3 cm³/mol. The number of likely N-dealkylation sites (tertiary alicyclic amines) is 1. The molecule has 1 aromatic heterocycles. The lowest BCUT2D eigenvalue weighted by Crippen LogP contribution is -2.37. The Kier molecular flexibility index (Phi) is 4.66. The van der Waals surface area contributed by atoms with Crippen molar-refractivity contribution in [1.82, 2.24) is 15.0 Å². The zero-order valence-corrected chi connectivity index (χ0v) is 14.2. The molecule has 1 unspecified atom stereocenters. The quantitative estimate of drug-likeness (QED) is 0.806. The van der Waals surface area contributed by atoms with Crippen molar-refractivity contribution in [3.63, 3.8) is 0 Å². The summed E-state index contributed by atoms with van der Waals surface area (Å²) < 4.78 is 11.2. The topological polar surface area (TPSA) is 75.2 Å². The van der Waals surface area contributed by atoms with E-state index < -0.39 is 0 Å². The Morgan fingerprint density at radius 3 is 2.80 bits per heavy atom. The Morgan fingerprint density at radius 1 is 1.20 bits per heavy atom. The number of rotatable bonds is 6. The molecule has 0 N–H and O–H groups in total. The standard InChI is InChI=1S/C19H22N4O2/c20-12-14-3-7-17(8-4-14)24-11-10-23-9-1-2-16(13-23)18-21-19(25-22-18)15-5-6-15/h3-4,7-8,15-16H,1-2,5-6,9-11,13H2. The fourth-order valence-electron chi connectivity index (χ4n) is 3.30. The third-order valence-electron chi connectivity index (χ3n) is 4.91. The Balaban J connectivity index is 1.26. The summed E-state index contributed by atoms with van der Waals surface area (Å²) in [5, 5.41) is 13.0. The highest BCUT2D eigenvalue weighted by molar-refractivity contribution is 5.34. The zero-order valence-electron chi connectivity index (χ0n) is 14.2. The summed E-state index contributed by atoms with van der Waals surface area (Å²) in [6.45, 7) is 3.56. The monoisotopic (exact) mass is 338 g/mol. The Bertz CT molecular complexity index is 746. The minimum Gasteiger partial charge on any atom is -0.492 e. The zero-order chi connectivity index (χ0) is 17.1. The van der Waals surface area contributed by atoms with Crippen LogP contribution in [0, 0.1) is 11.3 Å². The van der Waals surface area contributed by atoms with Crippen molar-refractivity contribution in [2.75, 3.05) is 26.2 Å². The molecule has 6 nitrogen and oxygen atoms in total. The smallest absolute Gasteiger partial charge is 0.229 e. The number of aromatic nitrogens is 2. The van der Waals surface area contributed by atoms with Gasteiger partial charge in [0.15, 0.2) is 5.82 Å². The van der Waals surface area contributed by atoms with Crippen LogP contribution in [0.1, 0.15) is 54.8 Å². The summed E-state index contributed by atoms with van der Waals surface area (Å²) >= 11 is 0. The lowest BCUT2D eigenvalue weighted by atomic mass is 9.97. The first-order valence-corrected chi connectivity index (χ1v) is 9.00. The van der Waals surface area contributed by atoms with Crippen molar-refractivity contribution in [1.29, 1.82) is 5.26 Å². The molecule has 1 aliphatic carbocycles. The highest BCUT2D eigenvalue weighted by Crippen LogP contribution is 2.39. The lowest BCUT2D eigenvalue weighted by molar-refractivity contribution is 0.166. The molecule has 2 fully saturated rings. The molecular weight excluding hydrogens is 316 g/mol. The third kappa shape index (κ3) is 3.99. The molecule has 2 aliphatic rings. The summed E-state index contributed by atoms with van der Waals surface area (Å²) in [6, 6.07) is 9.35. The molecule has 2 heterocycles. The third-order valence-corrected chi connectivity index (χ3v) is 4.91. The maximum absolute atomic E-state index is 8.81. The van der Waals surface area contributed by atoms with Gasteiger partial charge in [0.1, 0.15) is 12.4 Å². The van der Waals surface area contributed by atoms with Crippen molar-refractivity contribution in [2.24, 2.45) is 0 Å². The molecule has 0 radical (unpaired) electrons.